The summed E-state index contributed by atoms with van der Waals surface area (Å²) in [4.78, 5) is 11.5. The van der Waals surface area contributed by atoms with Crippen molar-refractivity contribution >= 4 is 17.3 Å². The lowest BCUT2D eigenvalue weighted by molar-refractivity contribution is -0.137. The SMILES string of the molecule is CC(CC(=O)O)c1ccc(F)c(-c2cccs2)c1. The molecule has 0 aliphatic rings. The zero-order valence-electron chi connectivity index (χ0n) is 9.89. The van der Waals surface area contributed by atoms with Crippen molar-refractivity contribution in [2.45, 2.75) is 19.3 Å². The number of carbonyl (C=O) groups is 1. The largest absolute Gasteiger partial charge is 0.481 e. The second kappa shape index (κ2) is 5.31. The Morgan fingerprint density at radius 3 is 2.83 bits per heavy atom. The van der Waals surface area contributed by atoms with Crippen molar-refractivity contribution in [2.24, 2.45) is 0 Å². The van der Waals surface area contributed by atoms with Gasteiger partial charge in [0.1, 0.15) is 5.82 Å². The minimum Gasteiger partial charge on any atom is -0.481 e. The van der Waals surface area contributed by atoms with Gasteiger partial charge in [-0.05, 0) is 35.1 Å². The van der Waals surface area contributed by atoms with Crippen LogP contribution < -0.4 is 0 Å². The molecule has 0 bridgehead atoms. The summed E-state index contributed by atoms with van der Waals surface area (Å²) in [6.07, 6.45) is 0.0511. The van der Waals surface area contributed by atoms with E-state index in [0.717, 1.165) is 10.4 Å². The van der Waals surface area contributed by atoms with Crippen LogP contribution in [0.2, 0.25) is 0 Å². The molecule has 0 radical (unpaired) electrons. The Bertz CT molecular complexity index is 549. The van der Waals surface area contributed by atoms with Gasteiger partial charge in [0.15, 0.2) is 0 Å². The molecule has 0 aliphatic carbocycles. The molecule has 0 amide bonds. The Kier molecular flexibility index (Phi) is 3.77. The zero-order valence-corrected chi connectivity index (χ0v) is 10.7. The molecular formula is C14H13FO2S. The van der Waals surface area contributed by atoms with Crippen LogP contribution in [0.5, 0.6) is 0 Å². The first-order valence-corrected chi connectivity index (χ1v) is 6.51. The van der Waals surface area contributed by atoms with Crippen LogP contribution >= 0.6 is 11.3 Å². The van der Waals surface area contributed by atoms with Gasteiger partial charge in [0.05, 0.1) is 6.42 Å². The Morgan fingerprint density at radius 1 is 1.44 bits per heavy atom. The summed E-state index contributed by atoms with van der Waals surface area (Å²) in [5, 5.41) is 10.7. The van der Waals surface area contributed by atoms with Gasteiger partial charge in [-0.1, -0.05) is 19.1 Å². The van der Waals surface area contributed by atoms with Crippen LogP contribution in [0.25, 0.3) is 10.4 Å². The zero-order chi connectivity index (χ0) is 13.1. The van der Waals surface area contributed by atoms with E-state index >= 15 is 0 Å². The monoisotopic (exact) mass is 264 g/mol. The van der Waals surface area contributed by atoms with Gasteiger partial charge >= 0.3 is 5.97 Å². The average molecular weight is 264 g/mol. The highest BCUT2D eigenvalue weighted by atomic mass is 32.1. The van der Waals surface area contributed by atoms with Crippen molar-refractivity contribution in [1.29, 1.82) is 0 Å². The predicted octanol–water partition coefficient (Wildman–Crippen LogP) is 4.13. The normalized spacial score (nSPS) is 12.3. The van der Waals surface area contributed by atoms with Crippen LogP contribution in [0.1, 0.15) is 24.8 Å². The Morgan fingerprint density at radius 2 is 2.22 bits per heavy atom. The van der Waals surface area contributed by atoms with Crippen molar-refractivity contribution in [3.05, 3.63) is 47.1 Å². The Labute approximate surface area is 109 Å². The second-order valence-electron chi connectivity index (χ2n) is 4.22. The molecule has 1 N–H and O–H groups in total. The van der Waals surface area contributed by atoms with Crippen LogP contribution in [-0.4, -0.2) is 11.1 Å². The highest BCUT2D eigenvalue weighted by molar-refractivity contribution is 7.13. The van der Waals surface area contributed by atoms with E-state index in [9.17, 15) is 9.18 Å². The summed E-state index contributed by atoms with van der Waals surface area (Å²) in [5.74, 6) is -1.24. The molecule has 0 spiro atoms. The molecule has 0 saturated carbocycles. The average Bonchev–Trinajstić information content (AvgIpc) is 2.82. The number of carboxylic acid groups (broad SMARTS) is 1. The first kappa shape index (κ1) is 12.8. The highest BCUT2D eigenvalue weighted by Gasteiger charge is 2.13. The van der Waals surface area contributed by atoms with E-state index < -0.39 is 5.97 Å². The maximum Gasteiger partial charge on any atom is 0.303 e. The maximum atomic E-state index is 13.7. The van der Waals surface area contributed by atoms with Crippen LogP contribution in [-0.2, 0) is 4.79 Å². The van der Waals surface area contributed by atoms with E-state index in [2.05, 4.69) is 0 Å². The predicted molar refractivity (Wildman–Crippen MR) is 70.4 cm³/mol. The summed E-state index contributed by atoms with van der Waals surface area (Å²) in [7, 11) is 0. The van der Waals surface area contributed by atoms with Crippen LogP contribution in [0, 0.1) is 5.82 Å². The van der Waals surface area contributed by atoms with Gasteiger partial charge in [0, 0.05) is 10.4 Å². The van der Waals surface area contributed by atoms with Gasteiger partial charge in [-0.15, -0.1) is 11.3 Å². The maximum absolute atomic E-state index is 13.7. The summed E-state index contributed by atoms with van der Waals surface area (Å²) < 4.78 is 13.7. The van der Waals surface area contributed by atoms with Gasteiger partial charge in [0.25, 0.3) is 0 Å². The van der Waals surface area contributed by atoms with E-state index in [1.54, 1.807) is 12.1 Å². The molecule has 0 saturated heterocycles. The third-order valence-corrected chi connectivity index (χ3v) is 3.73. The number of hydrogen-bond acceptors (Lipinski definition) is 2. The van der Waals surface area contributed by atoms with Crippen molar-refractivity contribution in [3.63, 3.8) is 0 Å². The molecule has 4 heteroatoms. The molecule has 0 fully saturated rings. The summed E-state index contributed by atoms with van der Waals surface area (Å²) in [5.41, 5.74) is 1.39. The lowest BCUT2D eigenvalue weighted by Crippen LogP contribution is -2.03. The molecule has 2 nitrogen and oxygen atoms in total. The van der Waals surface area contributed by atoms with Crippen LogP contribution in [0.15, 0.2) is 35.7 Å². The Balaban J connectivity index is 2.35. The number of halogens is 1. The number of thiophene rings is 1. The molecule has 1 unspecified atom stereocenters. The van der Waals surface area contributed by atoms with Crippen LogP contribution in [0.4, 0.5) is 4.39 Å². The number of benzene rings is 1. The van der Waals surface area contributed by atoms with Gasteiger partial charge in [-0.25, -0.2) is 4.39 Å². The molecule has 1 heterocycles. The minimum absolute atomic E-state index is 0.0511. The first-order valence-electron chi connectivity index (χ1n) is 5.63. The minimum atomic E-state index is -0.843. The van der Waals surface area contributed by atoms with E-state index in [-0.39, 0.29) is 18.2 Å². The summed E-state index contributed by atoms with van der Waals surface area (Å²) >= 11 is 1.47. The third-order valence-electron chi connectivity index (χ3n) is 2.83. The quantitative estimate of drug-likeness (QED) is 0.901. The van der Waals surface area contributed by atoms with Gasteiger partial charge in [-0.2, -0.15) is 0 Å². The molecular weight excluding hydrogens is 251 g/mol. The van der Waals surface area contributed by atoms with Crippen molar-refractivity contribution in [2.75, 3.05) is 0 Å². The molecule has 2 aromatic rings. The standard InChI is InChI=1S/C14H13FO2S/c1-9(7-14(16)17)10-4-5-12(15)11(8-10)13-3-2-6-18-13/h2-6,8-9H,7H2,1H3,(H,16,17). The summed E-state index contributed by atoms with van der Waals surface area (Å²) in [6, 6.07) is 8.53. The smallest absolute Gasteiger partial charge is 0.303 e. The topological polar surface area (TPSA) is 37.3 Å². The number of rotatable bonds is 4. The number of hydrogen-bond donors (Lipinski definition) is 1. The van der Waals surface area contributed by atoms with E-state index in [4.69, 9.17) is 5.11 Å². The van der Waals surface area contributed by atoms with Crippen molar-refractivity contribution in [1.82, 2.24) is 0 Å². The molecule has 1 aromatic heterocycles. The highest BCUT2D eigenvalue weighted by Crippen LogP contribution is 2.30. The molecule has 2 rings (SSSR count). The van der Waals surface area contributed by atoms with Crippen LogP contribution in [0.3, 0.4) is 0 Å². The van der Waals surface area contributed by atoms with Gasteiger partial charge < -0.3 is 5.11 Å². The lowest BCUT2D eigenvalue weighted by atomic mass is 9.95. The third kappa shape index (κ3) is 2.76. The first-order chi connectivity index (χ1) is 8.58. The van der Waals surface area contributed by atoms with Crippen molar-refractivity contribution in [3.8, 4) is 10.4 Å². The lowest BCUT2D eigenvalue weighted by Gasteiger charge is -2.11. The Hall–Kier alpha value is -1.68. The number of carboxylic acids is 1. The number of aliphatic carboxylic acids is 1. The molecule has 0 aliphatic heterocycles. The van der Waals surface area contributed by atoms with E-state index in [0.29, 0.717) is 5.56 Å². The van der Waals surface area contributed by atoms with E-state index in [1.165, 1.54) is 17.4 Å². The fourth-order valence-electron chi connectivity index (χ4n) is 1.85. The van der Waals surface area contributed by atoms with Gasteiger partial charge in [-0.3, -0.25) is 4.79 Å². The fraction of sp³-hybridized carbons (Fsp3) is 0.214. The van der Waals surface area contributed by atoms with Gasteiger partial charge in [0.2, 0.25) is 0 Å². The molecule has 1 atom stereocenters. The van der Waals surface area contributed by atoms with E-state index in [1.807, 2.05) is 24.4 Å². The van der Waals surface area contributed by atoms with Crippen molar-refractivity contribution < 1.29 is 14.3 Å². The molecule has 94 valence electrons. The molecule has 18 heavy (non-hydrogen) atoms. The molecule has 1 aromatic carbocycles. The second-order valence-corrected chi connectivity index (χ2v) is 5.16. The summed E-state index contributed by atoms with van der Waals surface area (Å²) in [6.45, 7) is 1.83. The fourth-order valence-corrected chi connectivity index (χ4v) is 2.59.